The van der Waals surface area contributed by atoms with Crippen molar-refractivity contribution in [3.63, 3.8) is 0 Å². The fraction of sp³-hybridized carbons (Fsp3) is 0.0714. The molecular weight excluding hydrogens is 361 g/mol. The number of hydrogen-bond donors (Lipinski definition) is 1. The summed E-state index contributed by atoms with van der Waals surface area (Å²) < 4.78 is 36.6. The molecule has 0 unspecified atom stereocenters. The molecule has 0 fully saturated rings. The minimum absolute atomic E-state index is 0.0993. The molecule has 0 aliphatic carbocycles. The molecule has 110 valence electrons. The molecule has 0 aromatic heterocycles. The maximum Gasteiger partial charge on any atom is 0.255 e. The zero-order valence-corrected chi connectivity index (χ0v) is 13.3. The molecule has 0 saturated carbocycles. The lowest BCUT2D eigenvalue weighted by molar-refractivity contribution is 0.102. The largest absolute Gasteiger partial charge is 0.322 e. The van der Waals surface area contributed by atoms with E-state index in [-0.39, 0.29) is 14.9 Å². The second-order valence-corrected chi connectivity index (χ2v) is 7.25. The smallest absolute Gasteiger partial charge is 0.255 e. The Morgan fingerprint density at radius 2 is 1.90 bits per heavy atom. The van der Waals surface area contributed by atoms with Crippen molar-refractivity contribution >= 4 is 37.4 Å². The fourth-order valence-electron chi connectivity index (χ4n) is 1.65. The highest BCUT2D eigenvalue weighted by Crippen LogP contribution is 2.19. The number of sulfone groups is 1. The van der Waals surface area contributed by atoms with Gasteiger partial charge in [0.25, 0.3) is 5.91 Å². The van der Waals surface area contributed by atoms with Crippen molar-refractivity contribution in [1.29, 1.82) is 0 Å². The first-order chi connectivity index (χ1) is 9.77. The van der Waals surface area contributed by atoms with E-state index in [4.69, 9.17) is 0 Å². The van der Waals surface area contributed by atoms with Crippen LogP contribution in [0.2, 0.25) is 0 Å². The van der Waals surface area contributed by atoms with E-state index in [2.05, 4.69) is 21.2 Å². The first-order valence-corrected chi connectivity index (χ1v) is 8.52. The number of halogens is 2. The highest BCUT2D eigenvalue weighted by molar-refractivity contribution is 9.10. The predicted molar refractivity (Wildman–Crippen MR) is 81.6 cm³/mol. The van der Waals surface area contributed by atoms with E-state index in [0.29, 0.717) is 5.69 Å². The van der Waals surface area contributed by atoms with Crippen molar-refractivity contribution in [3.05, 3.63) is 58.3 Å². The van der Waals surface area contributed by atoms with Crippen LogP contribution in [0.3, 0.4) is 0 Å². The van der Waals surface area contributed by atoms with Gasteiger partial charge in [0.2, 0.25) is 0 Å². The van der Waals surface area contributed by atoms with E-state index in [9.17, 15) is 17.6 Å². The molecule has 0 atom stereocenters. The zero-order chi connectivity index (χ0) is 15.6. The van der Waals surface area contributed by atoms with Crippen LogP contribution in [0.4, 0.5) is 10.1 Å². The molecule has 2 aromatic carbocycles. The van der Waals surface area contributed by atoms with Crippen LogP contribution >= 0.6 is 15.9 Å². The lowest BCUT2D eigenvalue weighted by Crippen LogP contribution is -2.12. The fourth-order valence-corrected chi connectivity index (χ4v) is 2.56. The number of rotatable bonds is 3. The molecule has 0 spiro atoms. The van der Waals surface area contributed by atoms with Crippen LogP contribution < -0.4 is 5.32 Å². The summed E-state index contributed by atoms with van der Waals surface area (Å²) in [7, 11) is -3.36. The first-order valence-electron chi connectivity index (χ1n) is 5.84. The Balaban J connectivity index is 2.25. The molecule has 0 bridgehead atoms. The number of carbonyl (C=O) groups excluding carboxylic acids is 1. The van der Waals surface area contributed by atoms with Crippen LogP contribution in [0.5, 0.6) is 0 Å². The molecule has 1 N–H and O–H groups in total. The van der Waals surface area contributed by atoms with E-state index in [0.717, 1.165) is 12.3 Å². The summed E-state index contributed by atoms with van der Waals surface area (Å²) in [5, 5.41) is 2.53. The third-order valence-corrected chi connectivity index (χ3v) is 4.46. The van der Waals surface area contributed by atoms with Gasteiger partial charge >= 0.3 is 0 Å². The van der Waals surface area contributed by atoms with Gasteiger partial charge in [0, 0.05) is 17.5 Å². The van der Waals surface area contributed by atoms with E-state index < -0.39 is 21.6 Å². The summed E-state index contributed by atoms with van der Waals surface area (Å²) in [6.07, 6.45) is 1.08. The number of benzene rings is 2. The van der Waals surface area contributed by atoms with Crippen LogP contribution in [0.25, 0.3) is 0 Å². The Morgan fingerprint density at radius 1 is 1.19 bits per heavy atom. The highest BCUT2D eigenvalue weighted by atomic mass is 79.9. The van der Waals surface area contributed by atoms with Crippen LogP contribution in [0, 0.1) is 5.82 Å². The lowest BCUT2D eigenvalue weighted by atomic mass is 10.2. The van der Waals surface area contributed by atoms with Gasteiger partial charge in [-0.2, -0.15) is 0 Å². The average Bonchev–Trinajstić information content (AvgIpc) is 2.41. The Morgan fingerprint density at radius 3 is 2.52 bits per heavy atom. The van der Waals surface area contributed by atoms with Crippen molar-refractivity contribution in [1.82, 2.24) is 0 Å². The molecule has 0 heterocycles. The van der Waals surface area contributed by atoms with E-state index in [1.54, 1.807) is 6.07 Å². The van der Waals surface area contributed by atoms with Gasteiger partial charge in [-0.3, -0.25) is 4.79 Å². The molecule has 2 rings (SSSR count). The summed E-state index contributed by atoms with van der Waals surface area (Å²) in [5.41, 5.74) is 0.465. The molecule has 2 aromatic rings. The van der Waals surface area contributed by atoms with Gasteiger partial charge in [-0.25, -0.2) is 12.8 Å². The molecule has 0 aliphatic heterocycles. The van der Waals surface area contributed by atoms with Gasteiger partial charge in [0.1, 0.15) is 5.82 Å². The minimum atomic E-state index is -3.36. The van der Waals surface area contributed by atoms with Gasteiger partial charge in [0.15, 0.2) is 9.84 Å². The molecule has 7 heteroatoms. The van der Waals surface area contributed by atoms with Crippen molar-refractivity contribution in [2.24, 2.45) is 0 Å². The normalized spacial score (nSPS) is 11.2. The minimum Gasteiger partial charge on any atom is -0.322 e. The van der Waals surface area contributed by atoms with Crippen molar-refractivity contribution < 1.29 is 17.6 Å². The second kappa shape index (κ2) is 5.95. The number of carbonyl (C=O) groups is 1. The Hall–Kier alpha value is -1.73. The van der Waals surface area contributed by atoms with Gasteiger partial charge in [-0.1, -0.05) is 6.07 Å². The topological polar surface area (TPSA) is 63.2 Å². The molecule has 1 amide bonds. The second-order valence-electron chi connectivity index (χ2n) is 4.38. The lowest BCUT2D eigenvalue weighted by Gasteiger charge is -2.07. The third-order valence-electron chi connectivity index (χ3n) is 2.70. The summed E-state index contributed by atoms with van der Waals surface area (Å²) in [6.45, 7) is 0. The number of anilines is 1. The number of nitrogens with one attached hydrogen (secondary N) is 1. The van der Waals surface area contributed by atoms with Gasteiger partial charge in [-0.05, 0) is 52.3 Å². The van der Waals surface area contributed by atoms with Gasteiger partial charge in [0.05, 0.1) is 9.37 Å². The van der Waals surface area contributed by atoms with Crippen molar-refractivity contribution in [2.75, 3.05) is 11.6 Å². The van der Waals surface area contributed by atoms with E-state index in [1.807, 2.05) is 0 Å². The average molecular weight is 372 g/mol. The molecular formula is C14H11BrFNO3S. The van der Waals surface area contributed by atoms with Crippen molar-refractivity contribution in [2.45, 2.75) is 4.90 Å². The standard InChI is InChI=1S/C14H11BrFNO3S/c1-21(19,20)11-4-2-3-10(8-11)17-14(18)9-5-6-12(15)13(16)7-9/h2-8H,1H3,(H,17,18). The number of hydrogen-bond acceptors (Lipinski definition) is 3. The van der Waals surface area contributed by atoms with E-state index >= 15 is 0 Å². The summed E-state index contributed by atoms with van der Waals surface area (Å²) in [6, 6.07) is 9.85. The zero-order valence-electron chi connectivity index (χ0n) is 10.9. The SMILES string of the molecule is CS(=O)(=O)c1cccc(NC(=O)c2ccc(Br)c(F)c2)c1. The van der Waals surface area contributed by atoms with Gasteiger partial charge < -0.3 is 5.32 Å². The molecule has 4 nitrogen and oxygen atoms in total. The third kappa shape index (κ3) is 3.89. The van der Waals surface area contributed by atoms with Crippen LogP contribution in [0.15, 0.2) is 51.8 Å². The maximum atomic E-state index is 13.4. The van der Waals surface area contributed by atoms with Crippen LogP contribution in [0.1, 0.15) is 10.4 Å². The summed E-state index contributed by atoms with van der Waals surface area (Å²) in [4.78, 5) is 12.1. The molecule has 0 saturated heterocycles. The van der Waals surface area contributed by atoms with Crippen molar-refractivity contribution in [3.8, 4) is 0 Å². The monoisotopic (exact) mass is 371 g/mol. The Bertz CT molecular complexity index is 806. The van der Waals surface area contributed by atoms with Gasteiger partial charge in [-0.15, -0.1) is 0 Å². The molecule has 0 aliphatic rings. The quantitative estimate of drug-likeness (QED) is 0.900. The number of amides is 1. The summed E-state index contributed by atoms with van der Waals surface area (Å²) in [5.74, 6) is -1.07. The molecule has 21 heavy (non-hydrogen) atoms. The molecule has 0 radical (unpaired) electrons. The maximum absolute atomic E-state index is 13.4. The Labute approximate surface area is 130 Å². The van der Waals surface area contributed by atoms with Crippen LogP contribution in [-0.2, 0) is 9.84 Å². The van der Waals surface area contributed by atoms with E-state index in [1.165, 1.54) is 30.3 Å². The summed E-state index contributed by atoms with van der Waals surface area (Å²) >= 11 is 3.00. The predicted octanol–water partition coefficient (Wildman–Crippen LogP) is 3.24. The highest BCUT2D eigenvalue weighted by Gasteiger charge is 2.11. The first kappa shape index (κ1) is 15.7. The Kier molecular flexibility index (Phi) is 4.43. The van der Waals surface area contributed by atoms with Crippen LogP contribution in [-0.4, -0.2) is 20.6 Å².